The lowest BCUT2D eigenvalue weighted by Gasteiger charge is -2.32. The van der Waals surface area contributed by atoms with E-state index in [2.05, 4.69) is 68.9 Å². The molecule has 1 aromatic rings. The van der Waals surface area contributed by atoms with E-state index in [0.717, 1.165) is 5.32 Å². The Labute approximate surface area is 136 Å². The maximum Gasteiger partial charge on any atom is 0.341 e. The molecular weight excluding hydrogens is 334 g/mol. The van der Waals surface area contributed by atoms with Crippen LogP contribution in [0.15, 0.2) is 4.79 Å². The molecule has 0 fully saturated rings. The summed E-state index contributed by atoms with van der Waals surface area (Å²) in [6.07, 6.45) is 0. The maximum absolute atomic E-state index is 12.6. The van der Waals surface area contributed by atoms with Gasteiger partial charge in [0.1, 0.15) is 14.1 Å². The average molecular weight is 362 g/mol. The van der Waals surface area contributed by atoms with Gasteiger partial charge in [-0.15, -0.1) is 0 Å². The monoisotopic (exact) mass is 361 g/mol. The molecule has 0 unspecified atom stereocenters. The van der Waals surface area contributed by atoms with Crippen LogP contribution in [0.25, 0.3) is 0 Å². The van der Waals surface area contributed by atoms with Crippen LogP contribution in [0, 0.1) is 0 Å². The van der Waals surface area contributed by atoms with Gasteiger partial charge in [-0.1, -0.05) is 70.5 Å². The molecule has 1 aromatic heterocycles. The minimum absolute atomic E-state index is 0.156. The molecular formula is C13H28ClN3OSi3. The summed E-state index contributed by atoms with van der Waals surface area (Å²) < 4.78 is 1.91. The molecule has 0 aliphatic heterocycles. The van der Waals surface area contributed by atoms with Gasteiger partial charge >= 0.3 is 5.69 Å². The highest BCUT2D eigenvalue weighted by molar-refractivity contribution is 6.92. The predicted molar refractivity (Wildman–Crippen MR) is 102 cm³/mol. The van der Waals surface area contributed by atoms with Crippen LogP contribution in [-0.2, 0) is 0 Å². The number of nitrogens with one attached hydrogen (secondary N) is 1. The first-order chi connectivity index (χ1) is 9.14. The molecule has 0 amide bonds. The Balaban J connectivity index is 3.74. The van der Waals surface area contributed by atoms with Crippen molar-refractivity contribution >= 4 is 47.3 Å². The molecule has 0 aliphatic rings. The lowest BCUT2D eigenvalue weighted by Crippen LogP contribution is -2.58. The van der Waals surface area contributed by atoms with Crippen LogP contribution in [0.3, 0.4) is 0 Å². The maximum atomic E-state index is 12.6. The van der Waals surface area contributed by atoms with Gasteiger partial charge in [-0.05, 0) is 0 Å². The Morgan fingerprint density at radius 2 is 1.48 bits per heavy atom. The van der Waals surface area contributed by atoms with Crippen LogP contribution in [0.2, 0.25) is 63.9 Å². The third-order valence-electron chi connectivity index (χ3n) is 2.91. The van der Waals surface area contributed by atoms with Gasteiger partial charge < -0.3 is 9.22 Å². The van der Waals surface area contributed by atoms with E-state index < -0.39 is 24.5 Å². The van der Waals surface area contributed by atoms with E-state index in [0.29, 0.717) is 10.8 Å². The minimum Gasteiger partial charge on any atom is -0.395 e. The second-order valence-electron chi connectivity index (χ2n) is 8.54. The summed E-state index contributed by atoms with van der Waals surface area (Å²) in [5.74, 6) is 0.577. The van der Waals surface area contributed by atoms with Gasteiger partial charge in [-0.3, -0.25) is 0 Å². The smallest absolute Gasteiger partial charge is 0.341 e. The number of nitrogens with zero attached hydrogens (tertiary/aromatic N) is 2. The molecule has 1 rings (SSSR count). The largest absolute Gasteiger partial charge is 0.395 e. The van der Waals surface area contributed by atoms with Crippen LogP contribution in [0.5, 0.6) is 0 Å². The first-order valence-electron chi connectivity index (χ1n) is 7.26. The zero-order valence-corrected chi connectivity index (χ0v) is 18.4. The molecule has 0 aliphatic carbocycles. The molecule has 1 heterocycles. The van der Waals surface area contributed by atoms with E-state index in [9.17, 15) is 4.79 Å². The summed E-state index contributed by atoms with van der Waals surface area (Å²) in [7, 11) is -5.25. The van der Waals surface area contributed by atoms with E-state index >= 15 is 0 Å². The zero-order chi connectivity index (χ0) is 16.8. The fourth-order valence-electron chi connectivity index (χ4n) is 2.23. The van der Waals surface area contributed by atoms with Crippen molar-refractivity contribution in [3.63, 3.8) is 0 Å². The van der Waals surface area contributed by atoms with Gasteiger partial charge in [0.2, 0.25) is 0 Å². The number of aromatic nitrogens is 2. The number of hydrogen-bond donors (Lipinski definition) is 1. The van der Waals surface area contributed by atoms with Crippen molar-refractivity contribution in [3.8, 4) is 0 Å². The van der Waals surface area contributed by atoms with Crippen molar-refractivity contribution in [3.05, 3.63) is 15.5 Å². The van der Waals surface area contributed by atoms with Crippen molar-refractivity contribution in [2.75, 3.05) is 4.98 Å². The molecule has 0 atom stereocenters. The molecule has 0 radical (unpaired) electrons. The average Bonchev–Trinajstić information content (AvgIpc) is 2.16. The third kappa shape index (κ3) is 4.54. The van der Waals surface area contributed by atoms with Crippen molar-refractivity contribution in [2.24, 2.45) is 0 Å². The highest BCUT2D eigenvalue weighted by Gasteiger charge is 2.33. The van der Waals surface area contributed by atoms with Crippen molar-refractivity contribution in [2.45, 2.75) is 58.9 Å². The van der Waals surface area contributed by atoms with E-state index in [1.807, 2.05) is 4.23 Å². The molecule has 0 aromatic carbocycles. The van der Waals surface area contributed by atoms with E-state index in [1.165, 1.54) is 0 Å². The quantitative estimate of drug-likeness (QED) is 0.836. The molecule has 0 bridgehead atoms. The lowest BCUT2D eigenvalue weighted by molar-refractivity contribution is 0.987. The number of rotatable bonds is 4. The predicted octanol–water partition coefficient (Wildman–Crippen LogP) is 3.37. The van der Waals surface area contributed by atoms with Crippen molar-refractivity contribution < 1.29 is 0 Å². The fourth-order valence-corrected chi connectivity index (χ4v) is 9.25. The number of anilines is 1. The van der Waals surface area contributed by atoms with Crippen molar-refractivity contribution in [1.82, 2.24) is 9.22 Å². The molecule has 0 spiro atoms. The Morgan fingerprint density at radius 3 is 1.81 bits per heavy atom. The summed E-state index contributed by atoms with van der Waals surface area (Å²) >= 11 is 6.68. The summed E-state index contributed by atoms with van der Waals surface area (Å²) in [5.41, 5.74) is -0.156. The van der Waals surface area contributed by atoms with E-state index in [-0.39, 0.29) is 5.69 Å². The molecule has 8 heteroatoms. The van der Waals surface area contributed by atoms with Gasteiger partial charge in [0.15, 0.2) is 8.24 Å². The number of hydrogen-bond acceptors (Lipinski definition) is 3. The Kier molecular flexibility index (Phi) is 5.05. The normalized spacial score (nSPS) is 13.4. The second-order valence-corrected chi connectivity index (χ2v) is 23.4. The standard InChI is InChI=1S/C13H28ClN3OSi3/c1-19(2,3)12-10(14)11(16-20(4,5)6)15-13(18)17(12)21(7,8)9/h1-9H3,(H,15,16,18). The Bertz CT molecular complexity index is 595. The summed E-state index contributed by atoms with van der Waals surface area (Å²) in [4.78, 5) is 20.3. The molecule has 120 valence electrons. The van der Waals surface area contributed by atoms with Crippen molar-refractivity contribution in [1.29, 1.82) is 0 Å². The summed E-state index contributed by atoms with van der Waals surface area (Å²) in [6, 6.07) is 0. The van der Waals surface area contributed by atoms with Crippen LogP contribution in [-0.4, -0.2) is 33.8 Å². The summed E-state index contributed by atoms with van der Waals surface area (Å²) in [5, 5.41) is 1.68. The van der Waals surface area contributed by atoms with E-state index in [4.69, 9.17) is 11.6 Å². The third-order valence-corrected chi connectivity index (χ3v) is 8.29. The highest BCUT2D eigenvalue weighted by Crippen LogP contribution is 2.22. The van der Waals surface area contributed by atoms with Crippen LogP contribution in [0.4, 0.5) is 5.82 Å². The topological polar surface area (TPSA) is 46.9 Å². The second kappa shape index (κ2) is 5.68. The molecule has 1 N–H and O–H groups in total. The lowest BCUT2D eigenvalue weighted by atomic mass is 10.6. The fraction of sp³-hybridized carbons (Fsp3) is 0.692. The SMILES string of the molecule is C[Si](C)(C)Nc1nc(=O)n([Si](C)(C)C)c([Si](C)(C)C)c1Cl. The molecule has 21 heavy (non-hydrogen) atoms. The molecule has 0 saturated heterocycles. The summed E-state index contributed by atoms with van der Waals surface area (Å²) in [6.45, 7) is 19.6. The zero-order valence-electron chi connectivity index (χ0n) is 14.7. The van der Waals surface area contributed by atoms with Gasteiger partial charge in [0.05, 0.1) is 13.1 Å². The van der Waals surface area contributed by atoms with Crippen LogP contribution in [0.1, 0.15) is 0 Å². The van der Waals surface area contributed by atoms with Crippen LogP contribution < -0.4 is 16.0 Å². The molecule has 0 saturated carbocycles. The Hall–Kier alpha value is -0.379. The number of halogens is 1. The minimum atomic E-state index is -1.87. The first kappa shape index (κ1) is 18.7. The first-order valence-corrected chi connectivity index (χ1v) is 18.1. The van der Waals surface area contributed by atoms with E-state index in [1.54, 1.807) is 0 Å². The highest BCUT2D eigenvalue weighted by atomic mass is 35.5. The Morgan fingerprint density at radius 1 is 1.00 bits per heavy atom. The van der Waals surface area contributed by atoms with Gasteiger partial charge in [0, 0.05) is 5.32 Å². The molecule has 4 nitrogen and oxygen atoms in total. The van der Waals surface area contributed by atoms with Gasteiger partial charge in [-0.25, -0.2) is 4.79 Å². The van der Waals surface area contributed by atoms with Gasteiger partial charge in [-0.2, -0.15) is 4.98 Å². The van der Waals surface area contributed by atoms with Gasteiger partial charge in [0.25, 0.3) is 0 Å². The van der Waals surface area contributed by atoms with Crippen LogP contribution >= 0.6 is 11.6 Å².